The normalized spacial score (nSPS) is 11.4. The second-order valence-electron chi connectivity index (χ2n) is 7.92. The molecule has 12 heteroatoms. The minimum Gasteiger partial charge on any atom is -0.497 e. The Bertz CT molecular complexity index is 1680. The number of methoxy groups -OCH3 is 1. The summed E-state index contributed by atoms with van der Waals surface area (Å²) in [6.07, 6.45) is 0. The number of sulfonamides is 2. The number of hydrogen-bond donors (Lipinski definition) is 3. The Morgan fingerprint density at radius 2 is 1.37 bits per heavy atom. The van der Waals surface area contributed by atoms with Gasteiger partial charge in [0.05, 0.1) is 28.2 Å². The Hall–Kier alpha value is -4.42. The van der Waals surface area contributed by atoms with Gasteiger partial charge in [-0.05, 0) is 78.9 Å². The monoisotopic (exact) mass is 555 g/mol. The zero-order valence-electron chi connectivity index (χ0n) is 19.9. The first kappa shape index (κ1) is 26.6. The zero-order chi connectivity index (χ0) is 27.3. The minimum absolute atomic E-state index is 0.0113. The fraction of sp³-hybridized carbons (Fsp3) is 0.0385. The van der Waals surface area contributed by atoms with E-state index in [1.165, 1.54) is 49.6 Å². The van der Waals surface area contributed by atoms with Gasteiger partial charge in [-0.25, -0.2) is 21.2 Å². The van der Waals surface area contributed by atoms with E-state index in [9.17, 15) is 26.0 Å². The molecule has 0 saturated heterocycles. The molecular weight excluding hydrogens is 533 g/mol. The summed E-state index contributed by atoms with van der Waals surface area (Å²) in [4.78, 5) is 12.8. The number of benzene rings is 4. The first-order chi connectivity index (χ1) is 18.1. The van der Waals surface area contributed by atoms with Crippen LogP contribution in [0, 0.1) is 5.82 Å². The van der Waals surface area contributed by atoms with Crippen molar-refractivity contribution in [1.82, 2.24) is 0 Å². The van der Waals surface area contributed by atoms with Crippen LogP contribution in [0.4, 0.5) is 21.5 Å². The third-order valence-electron chi connectivity index (χ3n) is 5.28. The number of hydrogen-bond acceptors (Lipinski definition) is 6. The fourth-order valence-electron chi connectivity index (χ4n) is 3.40. The minimum atomic E-state index is -4.11. The van der Waals surface area contributed by atoms with Crippen molar-refractivity contribution in [2.45, 2.75) is 9.79 Å². The predicted octanol–water partition coefficient (Wildman–Crippen LogP) is 4.69. The summed E-state index contributed by atoms with van der Waals surface area (Å²) in [6, 6.07) is 22.0. The average molecular weight is 556 g/mol. The van der Waals surface area contributed by atoms with Crippen LogP contribution in [-0.4, -0.2) is 29.9 Å². The molecule has 196 valence electrons. The Labute approximate surface area is 219 Å². The second kappa shape index (κ2) is 10.9. The molecule has 4 rings (SSSR count). The molecule has 0 unspecified atom stereocenters. The van der Waals surface area contributed by atoms with E-state index >= 15 is 0 Å². The number of rotatable bonds is 9. The molecule has 0 spiro atoms. The molecule has 4 aromatic carbocycles. The number of nitrogens with one attached hydrogen (secondary N) is 3. The summed E-state index contributed by atoms with van der Waals surface area (Å²) in [5.41, 5.74) is 0.466. The van der Waals surface area contributed by atoms with Crippen molar-refractivity contribution < 1.29 is 30.8 Å². The molecule has 9 nitrogen and oxygen atoms in total. The topological polar surface area (TPSA) is 131 Å². The van der Waals surface area contributed by atoms with Crippen molar-refractivity contribution in [2.75, 3.05) is 21.9 Å². The molecule has 0 aliphatic heterocycles. The summed E-state index contributed by atoms with van der Waals surface area (Å²) in [5.74, 6) is -0.704. The van der Waals surface area contributed by atoms with Crippen LogP contribution in [0.25, 0.3) is 0 Å². The third-order valence-corrected chi connectivity index (χ3v) is 8.04. The standard InChI is InChI=1S/C26H22FN3O6S2/c1-36-21-13-11-19(12-14-21)29-38(34,35)23-6-4-5-20(17-23)28-26(31)24-7-2-3-8-25(24)30-37(32,33)22-15-9-18(27)10-16-22/h2-17,29-30H,1H3,(H,28,31). The molecule has 0 aromatic heterocycles. The third kappa shape index (κ3) is 6.28. The van der Waals surface area contributed by atoms with Crippen molar-refractivity contribution in [3.63, 3.8) is 0 Å². The van der Waals surface area contributed by atoms with Gasteiger partial charge in [-0.3, -0.25) is 14.2 Å². The Balaban J connectivity index is 1.53. The molecule has 0 heterocycles. The SMILES string of the molecule is COc1ccc(NS(=O)(=O)c2cccc(NC(=O)c3ccccc3NS(=O)(=O)c3ccc(F)cc3)c2)cc1. The Morgan fingerprint density at radius 1 is 0.711 bits per heavy atom. The van der Waals surface area contributed by atoms with Gasteiger partial charge in [0, 0.05) is 11.4 Å². The van der Waals surface area contributed by atoms with Gasteiger partial charge in [0.1, 0.15) is 11.6 Å². The molecular formula is C26H22FN3O6S2. The van der Waals surface area contributed by atoms with E-state index in [2.05, 4.69) is 14.8 Å². The number of anilines is 3. The van der Waals surface area contributed by atoms with Crippen LogP contribution in [0.3, 0.4) is 0 Å². The fourth-order valence-corrected chi connectivity index (χ4v) is 5.58. The van der Waals surface area contributed by atoms with Crippen LogP contribution in [0.15, 0.2) is 107 Å². The Morgan fingerprint density at radius 3 is 2.05 bits per heavy atom. The highest BCUT2D eigenvalue weighted by Crippen LogP contribution is 2.24. The van der Waals surface area contributed by atoms with Crippen LogP contribution >= 0.6 is 0 Å². The molecule has 38 heavy (non-hydrogen) atoms. The van der Waals surface area contributed by atoms with Crippen LogP contribution in [0.5, 0.6) is 5.75 Å². The van der Waals surface area contributed by atoms with Crippen LogP contribution in [-0.2, 0) is 20.0 Å². The first-order valence-corrected chi connectivity index (χ1v) is 14.0. The lowest BCUT2D eigenvalue weighted by Crippen LogP contribution is -2.19. The van der Waals surface area contributed by atoms with E-state index in [1.807, 2.05) is 0 Å². The average Bonchev–Trinajstić information content (AvgIpc) is 2.89. The summed E-state index contributed by atoms with van der Waals surface area (Å²) in [6.45, 7) is 0. The zero-order valence-corrected chi connectivity index (χ0v) is 21.5. The van der Waals surface area contributed by atoms with Gasteiger partial charge < -0.3 is 10.1 Å². The van der Waals surface area contributed by atoms with Crippen LogP contribution in [0.2, 0.25) is 0 Å². The molecule has 0 radical (unpaired) electrons. The van der Waals surface area contributed by atoms with Gasteiger partial charge in [-0.15, -0.1) is 0 Å². The molecule has 4 aromatic rings. The largest absolute Gasteiger partial charge is 0.497 e. The predicted molar refractivity (Wildman–Crippen MR) is 142 cm³/mol. The molecule has 3 N–H and O–H groups in total. The Kier molecular flexibility index (Phi) is 7.65. The van der Waals surface area contributed by atoms with Gasteiger partial charge in [0.25, 0.3) is 26.0 Å². The van der Waals surface area contributed by atoms with E-state index in [4.69, 9.17) is 4.74 Å². The lowest BCUT2D eigenvalue weighted by molar-refractivity contribution is 0.102. The number of carbonyl (C=O) groups is 1. The van der Waals surface area contributed by atoms with Crippen LogP contribution < -0.4 is 19.5 Å². The first-order valence-electron chi connectivity index (χ1n) is 11.0. The molecule has 0 fully saturated rings. The van der Waals surface area contributed by atoms with Gasteiger partial charge in [0.2, 0.25) is 0 Å². The smallest absolute Gasteiger partial charge is 0.261 e. The molecule has 0 bridgehead atoms. The molecule has 0 aliphatic carbocycles. The van der Waals surface area contributed by atoms with Crippen molar-refractivity contribution in [3.05, 3.63) is 108 Å². The lowest BCUT2D eigenvalue weighted by atomic mass is 10.1. The lowest BCUT2D eigenvalue weighted by Gasteiger charge is -2.14. The highest BCUT2D eigenvalue weighted by atomic mass is 32.2. The number of ether oxygens (including phenoxy) is 1. The summed E-state index contributed by atoms with van der Waals surface area (Å²) >= 11 is 0. The molecule has 0 aliphatic rings. The van der Waals surface area contributed by atoms with E-state index in [0.717, 1.165) is 24.3 Å². The van der Waals surface area contributed by atoms with Gasteiger partial charge >= 0.3 is 0 Å². The summed E-state index contributed by atoms with van der Waals surface area (Å²) in [5, 5.41) is 2.59. The van der Waals surface area contributed by atoms with E-state index in [0.29, 0.717) is 11.4 Å². The van der Waals surface area contributed by atoms with Crippen molar-refractivity contribution in [3.8, 4) is 5.75 Å². The quantitative estimate of drug-likeness (QED) is 0.275. The van der Waals surface area contributed by atoms with Crippen molar-refractivity contribution >= 4 is 43.0 Å². The molecule has 0 saturated carbocycles. The maximum Gasteiger partial charge on any atom is 0.261 e. The molecule has 1 amide bonds. The van der Waals surface area contributed by atoms with Crippen LogP contribution in [0.1, 0.15) is 10.4 Å². The maximum absolute atomic E-state index is 13.2. The van der Waals surface area contributed by atoms with Gasteiger partial charge in [-0.2, -0.15) is 0 Å². The van der Waals surface area contributed by atoms with E-state index in [1.54, 1.807) is 30.3 Å². The van der Waals surface area contributed by atoms with E-state index in [-0.39, 0.29) is 26.7 Å². The maximum atomic E-state index is 13.2. The number of halogens is 1. The van der Waals surface area contributed by atoms with Gasteiger partial charge in [0.15, 0.2) is 0 Å². The highest BCUT2D eigenvalue weighted by Gasteiger charge is 2.20. The number of carbonyl (C=O) groups excluding carboxylic acids is 1. The summed E-state index contributed by atoms with van der Waals surface area (Å²) in [7, 11) is -6.60. The molecule has 0 atom stereocenters. The van der Waals surface area contributed by atoms with Crippen molar-refractivity contribution in [2.24, 2.45) is 0 Å². The highest BCUT2D eigenvalue weighted by molar-refractivity contribution is 7.93. The number of para-hydroxylation sites is 1. The van der Waals surface area contributed by atoms with Crippen molar-refractivity contribution in [1.29, 1.82) is 0 Å². The van der Waals surface area contributed by atoms with Gasteiger partial charge in [-0.1, -0.05) is 18.2 Å². The number of amides is 1. The second-order valence-corrected chi connectivity index (χ2v) is 11.3. The van der Waals surface area contributed by atoms with E-state index < -0.39 is 31.8 Å². The summed E-state index contributed by atoms with van der Waals surface area (Å²) < 4.78 is 74.3.